The van der Waals surface area contributed by atoms with Crippen molar-refractivity contribution in [2.45, 2.75) is 45.1 Å². The minimum atomic E-state index is 0.644. The third-order valence-electron chi connectivity index (χ3n) is 3.70. The van der Waals surface area contributed by atoms with Gasteiger partial charge in [-0.15, -0.1) is 0 Å². The smallest absolute Gasteiger partial charge is 0.0700 e. The Kier molecular flexibility index (Phi) is 2.43. The van der Waals surface area contributed by atoms with Crippen molar-refractivity contribution in [2.24, 2.45) is 0 Å². The molecule has 3 rings (SSSR count). The molecule has 0 saturated heterocycles. The average Bonchev–Trinajstić information content (AvgIpc) is 2.95. The summed E-state index contributed by atoms with van der Waals surface area (Å²) in [5.74, 6) is 0. The minimum absolute atomic E-state index is 0.644. The molecule has 1 aromatic carbocycles. The molecular formula is C14H18N2. The Morgan fingerprint density at radius 3 is 2.75 bits per heavy atom. The molecule has 1 fully saturated rings. The molecule has 0 amide bonds. The Morgan fingerprint density at radius 1 is 1.25 bits per heavy atom. The highest BCUT2D eigenvalue weighted by molar-refractivity contribution is 5.82. The number of fused-ring (bicyclic) bond motifs is 1. The van der Waals surface area contributed by atoms with Crippen LogP contribution in [0.25, 0.3) is 10.9 Å². The van der Waals surface area contributed by atoms with Crippen LogP contribution in [0.3, 0.4) is 0 Å². The van der Waals surface area contributed by atoms with Crippen molar-refractivity contribution in [3.63, 3.8) is 0 Å². The highest BCUT2D eigenvalue weighted by Gasteiger charge is 2.20. The van der Waals surface area contributed by atoms with Crippen LogP contribution < -0.4 is 0 Å². The first-order valence-corrected chi connectivity index (χ1v) is 6.36. The maximum atomic E-state index is 4.81. The molecule has 1 saturated carbocycles. The van der Waals surface area contributed by atoms with Gasteiger partial charge in [0, 0.05) is 5.39 Å². The molecule has 1 aliphatic rings. The number of rotatable bonds is 2. The Bertz CT molecular complexity index is 492. The van der Waals surface area contributed by atoms with Crippen LogP contribution >= 0.6 is 0 Å². The summed E-state index contributed by atoms with van der Waals surface area (Å²) < 4.78 is 2.28. The summed E-state index contributed by atoms with van der Waals surface area (Å²) >= 11 is 0. The van der Waals surface area contributed by atoms with Crippen LogP contribution in [-0.4, -0.2) is 9.78 Å². The number of hydrogen-bond donors (Lipinski definition) is 0. The molecule has 1 aliphatic carbocycles. The lowest BCUT2D eigenvalue weighted by Crippen LogP contribution is -2.06. The number of aromatic nitrogens is 2. The predicted molar refractivity (Wildman–Crippen MR) is 66.6 cm³/mol. The fourth-order valence-corrected chi connectivity index (χ4v) is 2.84. The van der Waals surface area contributed by atoms with Crippen molar-refractivity contribution in [1.29, 1.82) is 0 Å². The molecule has 0 N–H and O–H groups in total. The average molecular weight is 214 g/mol. The van der Waals surface area contributed by atoms with Crippen molar-refractivity contribution < 1.29 is 0 Å². The predicted octanol–water partition coefficient (Wildman–Crippen LogP) is 3.71. The van der Waals surface area contributed by atoms with Crippen LogP contribution in [0.2, 0.25) is 0 Å². The third kappa shape index (κ3) is 1.44. The van der Waals surface area contributed by atoms with E-state index in [0.717, 1.165) is 6.42 Å². The molecule has 1 heterocycles. The minimum Gasteiger partial charge on any atom is -0.262 e. The summed E-state index contributed by atoms with van der Waals surface area (Å²) in [4.78, 5) is 0. The Hall–Kier alpha value is -1.31. The molecule has 0 aliphatic heterocycles. The van der Waals surface area contributed by atoms with Gasteiger partial charge < -0.3 is 0 Å². The van der Waals surface area contributed by atoms with E-state index in [0.29, 0.717) is 6.04 Å². The number of nitrogens with zero attached hydrogens (tertiary/aromatic N) is 2. The molecule has 2 aromatic rings. The van der Waals surface area contributed by atoms with E-state index in [9.17, 15) is 0 Å². The van der Waals surface area contributed by atoms with Gasteiger partial charge in [0.15, 0.2) is 0 Å². The standard InChI is InChI=1S/C14H18N2/c1-2-13-12-9-5-6-10-14(12)16(15-13)11-7-3-4-8-11/h5-6,9-11H,2-4,7-8H2,1H3. The van der Waals surface area contributed by atoms with Crippen molar-refractivity contribution in [2.75, 3.05) is 0 Å². The molecule has 0 spiro atoms. The first-order chi connectivity index (χ1) is 7.90. The Balaban J connectivity index is 2.16. The van der Waals surface area contributed by atoms with E-state index in [4.69, 9.17) is 5.10 Å². The maximum Gasteiger partial charge on any atom is 0.0700 e. The topological polar surface area (TPSA) is 17.8 Å². The van der Waals surface area contributed by atoms with Gasteiger partial charge in [-0.2, -0.15) is 5.10 Å². The molecule has 0 unspecified atom stereocenters. The molecule has 0 bridgehead atoms. The third-order valence-corrected chi connectivity index (χ3v) is 3.70. The van der Waals surface area contributed by atoms with Crippen LogP contribution in [0.1, 0.15) is 44.3 Å². The van der Waals surface area contributed by atoms with Gasteiger partial charge in [0.05, 0.1) is 17.3 Å². The first kappa shape index (κ1) is 9.88. The summed E-state index contributed by atoms with van der Waals surface area (Å²) in [6, 6.07) is 9.29. The molecule has 0 radical (unpaired) electrons. The first-order valence-electron chi connectivity index (χ1n) is 6.36. The molecule has 16 heavy (non-hydrogen) atoms. The van der Waals surface area contributed by atoms with Crippen LogP contribution in [0.5, 0.6) is 0 Å². The van der Waals surface area contributed by atoms with Crippen molar-refractivity contribution in [1.82, 2.24) is 9.78 Å². The van der Waals surface area contributed by atoms with Crippen molar-refractivity contribution >= 4 is 10.9 Å². The second-order valence-corrected chi connectivity index (χ2v) is 4.70. The summed E-state index contributed by atoms with van der Waals surface area (Å²) in [5.41, 5.74) is 2.58. The largest absolute Gasteiger partial charge is 0.262 e. The zero-order chi connectivity index (χ0) is 11.0. The van der Waals surface area contributed by atoms with E-state index >= 15 is 0 Å². The van der Waals surface area contributed by atoms with E-state index < -0.39 is 0 Å². The summed E-state index contributed by atoms with van der Waals surface area (Å²) in [6.45, 7) is 2.19. The van der Waals surface area contributed by atoms with Gasteiger partial charge in [-0.1, -0.05) is 38.0 Å². The number of para-hydroxylation sites is 1. The summed E-state index contributed by atoms with van der Waals surface area (Å²) in [5, 5.41) is 6.15. The van der Waals surface area contributed by atoms with E-state index in [-0.39, 0.29) is 0 Å². The van der Waals surface area contributed by atoms with Crippen LogP contribution in [0.15, 0.2) is 24.3 Å². The second-order valence-electron chi connectivity index (χ2n) is 4.70. The van der Waals surface area contributed by atoms with E-state index in [1.165, 1.54) is 42.3 Å². The second kappa shape index (κ2) is 3.93. The van der Waals surface area contributed by atoms with Crippen molar-refractivity contribution in [3.05, 3.63) is 30.0 Å². The zero-order valence-corrected chi connectivity index (χ0v) is 9.82. The summed E-state index contributed by atoms with van der Waals surface area (Å²) in [7, 11) is 0. The number of benzene rings is 1. The fourth-order valence-electron chi connectivity index (χ4n) is 2.84. The Morgan fingerprint density at radius 2 is 2.00 bits per heavy atom. The van der Waals surface area contributed by atoms with Gasteiger partial charge in [0.1, 0.15) is 0 Å². The van der Waals surface area contributed by atoms with Gasteiger partial charge in [0.25, 0.3) is 0 Å². The maximum absolute atomic E-state index is 4.81. The van der Waals surface area contributed by atoms with Gasteiger partial charge in [-0.05, 0) is 25.3 Å². The monoisotopic (exact) mass is 214 g/mol. The number of hydrogen-bond acceptors (Lipinski definition) is 1. The highest BCUT2D eigenvalue weighted by atomic mass is 15.3. The van der Waals surface area contributed by atoms with E-state index in [2.05, 4.69) is 35.9 Å². The molecule has 1 aromatic heterocycles. The van der Waals surface area contributed by atoms with Gasteiger partial charge in [0.2, 0.25) is 0 Å². The van der Waals surface area contributed by atoms with Gasteiger partial charge in [-0.25, -0.2) is 0 Å². The lowest BCUT2D eigenvalue weighted by molar-refractivity contribution is 0.478. The quantitative estimate of drug-likeness (QED) is 0.745. The zero-order valence-electron chi connectivity index (χ0n) is 9.82. The van der Waals surface area contributed by atoms with Crippen LogP contribution in [0.4, 0.5) is 0 Å². The molecule has 0 atom stereocenters. The fraction of sp³-hybridized carbons (Fsp3) is 0.500. The highest BCUT2D eigenvalue weighted by Crippen LogP contribution is 2.32. The van der Waals surface area contributed by atoms with Gasteiger partial charge >= 0.3 is 0 Å². The lowest BCUT2D eigenvalue weighted by atomic mass is 10.2. The summed E-state index contributed by atoms with van der Waals surface area (Å²) in [6.07, 6.45) is 6.35. The van der Waals surface area contributed by atoms with Crippen LogP contribution in [-0.2, 0) is 6.42 Å². The van der Waals surface area contributed by atoms with Gasteiger partial charge in [-0.3, -0.25) is 4.68 Å². The molecular weight excluding hydrogens is 196 g/mol. The van der Waals surface area contributed by atoms with E-state index in [1.807, 2.05) is 0 Å². The number of aryl methyl sites for hydroxylation is 1. The molecule has 2 nitrogen and oxygen atoms in total. The molecule has 84 valence electrons. The molecule has 2 heteroatoms. The van der Waals surface area contributed by atoms with Crippen molar-refractivity contribution in [3.8, 4) is 0 Å². The van der Waals surface area contributed by atoms with E-state index in [1.54, 1.807) is 0 Å². The van der Waals surface area contributed by atoms with Crippen LogP contribution in [0, 0.1) is 0 Å². The lowest BCUT2D eigenvalue weighted by Gasteiger charge is -2.10. The Labute approximate surface area is 96.3 Å². The normalized spacial score (nSPS) is 17.3. The SMILES string of the molecule is CCc1nn(C2CCCC2)c2ccccc12.